The second-order valence-electron chi connectivity index (χ2n) is 10.9. The van der Waals surface area contributed by atoms with E-state index in [9.17, 15) is 9.59 Å². The standard InChI is InChI=1S/C30H33N5O2S2/c1-19-8-9-22(20(2)15-19)35-29-26(28(33-35)30(3,4)5)27(23-7-6-14-38-23)39-18-25(37)34(29)17-24(36)32-16-21-10-12-31-13-11-21/h6-15,27H,16-18H2,1-5H3,(H,32,36)/t27-/m1/s1. The number of fused-ring (bicyclic) bond motifs is 1. The van der Waals surface area contributed by atoms with Gasteiger partial charge in [-0.1, -0.05) is 44.5 Å². The van der Waals surface area contributed by atoms with Gasteiger partial charge in [0, 0.05) is 34.8 Å². The molecular formula is C30H33N5O2S2. The SMILES string of the molecule is Cc1ccc(-n2nc(C(C)(C)C)c3c2N(CC(=O)NCc2ccncc2)C(=O)CS[C@@H]3c2cccs2)c(C)c1. The van der Waals surface area contributed by atoms with Crippen LogP contribution in [0, 0.1) is 13.8 Å². The molecule has 0 fully saturated rings. The van der Waals surface area contributed by atoms with Crippen molar-refractivity contribution in [3.63, 3.8) is 0 Å². The summed E-state index contributed by atoms with van der Waals surface area (Å²) in [6.45, 7) is 10.8. The van der Waals surface area contributed by atoms with Gasteiger partial charge in [0.2, 0.25) is 11.8 Å². The summed E-state index contributed by atoms with van der Waals surface area (Å²) in [6, 6.07) is 14.1. The second kappa shape index (κ2) is 11.0. The number of carbonyl (C=O) groups is 2. The molecule has 0 aliphatic carbocycles. The molecule has 0 saturated heterocycles. The molecule has 1 N–H and O–H groups in total. The summed E-state index contributed by atoms with van der Waals surface area (Å²) in [5.74, 6) is 0.618. The predicted octanol–water partition coefficient (Wildman–Crippen LogP) is 5.73. The lowest BCUT2D eigenvalue weighted by Crippen LogP contribution is -2.42. The van der Waals surface area contributed by atoms with Crippen molar-refractivity contribution in [1.82, 2.24) is 20.1 Å². The maximum Gasteiger partial charge on any atom is 0.240 e. The number of hydrogen-bond donors (Lipinski definition) is 1. The summed E-state index contributed by atoms with van der Waals surface area (Å²) in [7, 11) is 0. The molecule has 1 aliphatic heterocycles. The van der Waals surface area contributed by atoms with Gasteiger partial charge in [-0.25, -0.2) is 4.68 Å². The van der Waals surface area contributed by atoms with Gasteiger partial charge in [0.15, 0.2) is 0 Å². The largest absolute Gasteiger partial charge is 0.350 e. The van der Waals surface area contributed by atoms with E-state index in [1.54, 1.807) is 40.4 Å². The van der Waals surface area contributed by atoms with Crippen LogP contribution in [0.2, 0.25) is 0 Å². The van der Waals surface area contributed by atoms with Crippen molar-refractivity contribution in [2.75, 3.05) is 17.2 Å². The number of benzene rings is 1. The fourth-order valence-electron chi connectivity index (χ4n) is 4.85. The molecule has 0 bridgehead atoms. The third-order valence-corrected chi connectivity index (χ3v) is 9.05. The van der Waals surface area contributed by atoms with E-state index in [1.165, 1.54) is 4.88 Å². The molecular weight excluding hydrogens is 526 g/mol. The highest BCUT2D eigenvalue weighted by molar-refractivity contribution is 8.00. The van der Waals surface area contributed by atoms with Crippen molar-refractivity contribution in [1.29, 1.82) is 0 Å². The number of aromatic nitrogens is 3. The highest BCUT2D eigenvalue weighted by atomic mass is 32.2. The van der Waals surface area contributed by atoms with Crippen LogP contribution in [0.5, 0.6) is 0 Å². The Morgan fingerprint density at radius 1 is 1.13 bits per heavy atom. The number of thiophene rings is 1. The zero-order chi connectivity index (χ0) is 27.7. The molecule has 5 rings (SSSR count). The van der Waals surface area contributed by atoms with Gasteiger partial charge in [0.1, 0.15) is 12.4 Å². The van der Waals surface area contributed by atoms with Gasteiger partial charge >= 0.3 is 0 Å². The van der Waals surface area contributed by atoms with Crippen LogP contribution >= 0.6 is 23.1 Å². The maximum absolute atomic E-state index is 13.8. The molecule has 7 nitrogen and oxygen atoms in total. The molecule has 0 radical (unpaired) electrons. The molecule has 39 heavy (non-hydrogen) atoms. The van der Waals surface area contributed by atoms with Crippen LogP contribution in [-0.4, -0.2) is 38.9 Å². The number of amides is 2. The Bertz CT molecular complexity index is 1490. The first kappa shape index (κ1) is 27.1. The van der Waals surface area contributed by atoms with Crippen LogP contribution in [0.15, 0.2) is 60.2 Å². The first-order valence-electron chi connectivity index (χ1n) is 13.0. The molecule has 1 aliphatic rings. The Kier molecular flexibility index (Phi) is 7.64. The van der Waals surface area contributed by atoms with Crippen molar-refractivity contribution < 1.29 is 9.59 Å². The van der Waals surface area contributed by atoms with E-state index in [1.807, 2.05) is 22.9 Å². The Morgan fingerprint density at radius 2 is 1.90 bits per heavy atom. The minimum absolute atomic E-state index is 0.0671. The summed E-state index contributed by atoms with van der Waals surface area (Å²) >= 11 is 3.29. The normalized spacial score (nSPS) is 15.7. The van der Waals surface area contributed by atoms with E-state index >= 15 is 0 Å². The summed E-state index contributed by atoms with van der Waals surface area (Å²) in [4.78, 5) is 33.9. The average molecular weight is 560 g/mol. The molecule has 4 aromatic rings. The number of anilines is 1. The Morgan fingerprint density at radius 3 is 2.56 bits per heavy atom. The third kappa shape index (κ3) is 5.65. The topological polar surface area (TPSA) is 80.1 Å². The highest BCUT2D eigenvalue weighted by Crippen LogP contribution is 2.49. The molecule has 4 heterocycles. The van der Waals surface area contributed by atoms with Gasteiger partial charge < -0.3 is 5.32 Å². The molecule has 0 unspecified atom stereocenters. The number of pyridine rings is 1. The van der Waals surface area contributed by atoms with Crippen LogP contribution in [0.25, 0.3) is 5.69 Å². The summed E-state index contributed by atoms with van der Waals surface area (Å²) in [5, 5.41) is 10.2. The maximum atomic E-state index is 13.8. The number of thioether (sulfide) groups is 1. The van der Waals surface area contributed by atoms with Gasteiger partial charge in [-0.15, -0.1) is 23.1 Å². The number of nitrogens with one attached hydrogen (secondary N) is 1. The monoisotopic (exact) mass is 559 g/mol. The number of aryl methyl sites for hydroxylation is 2. The van der Waals surface area contributed by atoms with Gasteiger partial charge in [-0.2, -0.15) is 5.10 Å². The minimum Gasteiger partial charge on any atom is -0.350 e. The Hall–Kier alpha value is -3.43. The Labute approximate surface area is 237 Å². The third-order valence-electron chi connectivity index (χ3n) is 6.72. The lowest BCUT2D eigenvalue weighted by Gasteiger charge is -2.24. The molecule has 3 aromatic heterocycles. The van der Waals surface area contributed by atoms with Crippen LogP contribution in [0.1, 0.15) is 58.8 Å². The first-order valence-corrected chi connectivity index (χ1v) is 14.9. The molecule has 1 aromatic carbocycles. The summed E-state index contributed by atoms with van der Waals surface area (Å²) in [5.41, 5.74) is 5.71. The van der Waals surface area contributed by atoms with Crippen LogP contribution in [0.3, 0.4) is 0 Å². The van der Waals surface area contributed by atoms with Crippen LogP contribution < -0.4 is 10.2 Å². The molecule has 1 atom stereocenters. The molecule has 2 amide bonds. The fraction of sp³-hybridized carbons (Fsp3) is 0.333. The summed E-state index contributed by atoms with van der Waals surface area (Å²) < 4.78 is 1.89. The zero-order valence-electron chi connectivity index (χ0n) is 22.9. The van der Waals surface area contributed by atoms with E-state index in [2.05, 4.69) is 74.6 Å². The molecule has 0 spiro atoms. The Balaban J connectivity index is 1.65. The van der Waals surface area contributed by atoms with Crippen molar-refractivity contribution in [2.45, 2.75) is 51.8 Å². The van der Waals surface area contributed by atoms with Crippen LogP contribution in [-0.2, 0) is 21.5 Å². The van der Waals surface area contributed by atoms with Gasteiger partial charge in [0.05, 0.1) is 22.4 Å². The van der Waals surface area contributed by atoms with E-state index in [-0.39, 0.29) is 34.8 Å². The molecule has 202 valence electrons. The van der Waals surface area contributed by atoms with Crippen LogP contribution in [0.4, 0.5) is 5.82 Å². The fourth-order valence-corrected chi connectivity index (χ4v) is 7.03. The van der Waals surface area contributed by atoms with Crippen molar-refractivity contribution in [2.24, 2.45) is 0 Å². The molecule has 0 saturated carbocycles. The second-order valence-corrected chi connectivity index (χ2v) is 12.9. The number of nitrogens with zero attached hydrogens (tertiary/aromatic N) is 4. The van der Waals surface area contributed by atoms with Crippen molar-refractivity contribution >= 4 is 40.7 Å². The number of hydrogen-bond acceptors (Lipinski definition) is 6. The number of rotatable bonds is 6. The minimum atomic E-state index is -0.285. The average Bonchev–Trinajstić information content (AvgIpc) is 3.53. The highest BCUT2D eigenvalue weighted by Gasteiger charge is 2.40. The van der Waals surface area contributed by atoms with Crippen molar-refractivity contribution in [3.8, 4) is 5.69 Å². The van der Waals surface area contributed by atoms with Gasteiger partial charge in [-0.3, -0.25) is 19.5 Å². The smallest absolute Gasteiger partial charge is 0.240 e. The van der Waals surface area contributed by atoms with E-state index in [0.717, 1.165) is 33.6 Å². The van der Waals surface area contributed by atoms with E-state index in [0.29, 0.717) is 12.4 Å². The zero-order valence-corrected chi connectivity index (χ0v) is 24.5. The van der Waals surface area contributed by atoms with Gasteiger partial charge in [-0.05, 0) is 54.6 Å². The molecule has 9 heteroatoms. The van der Waals surface area contributed by atoms with E-state index in [4.69, 9.17) is 5.10 Å². The lowest BCUT2D eigenvalue weighted by molar-refractivity contribution is -0.123. The van der Waals surface area contributed by atoms with Crippen molar-refractivity contribution in [3.05, 3.63) is 93.1 Å². The van der Waals surface area contributed by atoms with E-state index < -0.39 is 0 Å². The van der Waals surface area contributed by atoms with Gasteiger partial charge in [0.25, 0.3) is 0 Å². The number of carbonyl (C=O) groups excluding carboxylic acids is 2. The quantitative estimate of drug-likeness (QED) is 0.326. The first-order chi connectivity index (χ1) is 18.6. The lowest BCUT2D eigenvalue weighted by atomic mass is 9.88. The predicted molar refractivity (Wildman–Crippen MR) is 159 cm³/mol. The summed E-state index contributed by atoms with van der Waals surface area (Å²) in [6.07, 6.45) is 3.40.